The number of nitrogens with zero attached hydrogens (tertiary/aromatic N) is 4. The van der Waals surface area contributed by atoms with Gasteiger partial charge in [-0.2, -0.15) is 0 Å². The number of imidazole rings is 1. The minimum absolute atomic E-state index is 0.0107. The normalized spacial score (nSPS) is 14.3. The van der Waals surface area contributed by atoms with Gasteiger partial charge in [-0.05, 0) is 17.0 Å². The van der Waals surface area contributed by atoms with Gasteiger partial charge in [0.2, 0.25) is 0 Å². The fourth-order valence-electron chi connectivity index (χ4n) is 9.13. The number of ether oxygens (including phenoxy) is 1. The number of rotatable bonds is 7. The van der Waals surface area contributed by atoms with Crippen molar-refractivity contribution in [3.8, 4) is 45.1 Å². The SMILES string of the molecule is Cc1c(C)c(-c2ccccc2)c(-n2[c](=[Pt])n(-c3[c-]c(Oc4[c-]c5c(cc4)CC(C)CN5c4cc(C(C)(C)C)ccn4)cc(C(C)(C)C)c3)c3ccccc32)c(-c2ccccc2)c1C. The Hall–Kier alpha value is -5.77. The Morgan fingerprint density at radius 2 is 1.22 bits per heavy atom. The van der Waals surface area contributed by atoms with Crippen LogP contribution in [0.3, 0.4) is 0 Å². The van der Waals surface area contributed by atoms with Crippen molar-refractivity contribution >= 4 is 22.5 Å². The zero-order chi connectivity index (χ0) is 44.4. The van der Waals surface area contributed by atoms with E-state index in [1.165, 1.54) is 55.8 Å². The van der Waals surface area contributed by atoms with Crippen LogP contribution < -0.4 is 9.64 Å². The molecule has 9 rings (SSSR count). The standard InChI is InChI=1S/C57H56N4O.Pt/c1-37-29-43-25-26-47(34-51(43)59(35-37)52-32-44(27-28-58-52)56(5,6)7)62-48-31-45(57(8,9)10)30-46(33-48)60-36-61(50-24-18-17-23-49(50)60)55-53(41-19-13-11-14-20-41)39(3)38(2)40(4)54(55)42-21-15-12-16-22-42;/h11-28,30-32,37H,29,35H2,1-10H3;/q-2;. The molecule has 322 valence electrons. The molecule has 0 aliphatic carbocycles. The zero-order valence-electron chi connectivity index (χ0n) is 38.1. The van der Waals surface area contributed by atoms with Crippen LogP contribution in [0.1, 0.15) is 81.8 Å². The molecule has 0 spiro atoms. The monoisotopic (exact) mass is 1010 g/mol. The summed E-state index contributed by atoms with van der Waals surface area (Å²) in [4.78, 5) is 7.20. The number of pyridine rings is 1. The Morgan fingerprint density at radius 3 is 1.83 bits per heavy atom. The van der Waals surface area contributed by atoms with Crippen LogP contribution in [0.25, 0.3) is 44.7 Å². The first-order valence-electron chi connectivity index (χ1n) is 22.1. The molecule has 0 saturated carbocycles. The molecule has 2 aromatic heterocycles. The molecule has 0 saturated heterocycles. The number of fused-ring (bicyclic) bond motifs is 2. The van der Waals surface area contributed by atoms with Crippen molar-refractivity contribution in [2.45, 2.75) is 86.5 Å². The second-order valence-corrected chi connectivity index (χ2v) is 20.4. The Labute approximate surface area is 384 Å². The number of para-hydroxylation sites is 2. The fraction of sp³-hybridized carbons (Fsp3) is 0.263. The summed E-state index contributed by atoms with van der Waals surface area (Å²) >= 11 is 2.54. The van der Waals surface area contributed by atoms with E-state index >= 15 is 0 Å². The van der Waals surface area contributed by atoms with Gasteiger partial charge in [-0.1, -0.05) is 27.7 Å². The predicted molar refractivity (Wildman–Crippen MR) is 257 cm³/mol. The van der Waals surface area contributed by atoms with Crippen molar-refractivity contribution in [1.82, 2.24) is 14.1 Å². The van der Waals surface area contributed by atoms with E-state index in [0.29, 0.717) is 17.4 Å². The second kappa shape index (κ2) is 16.4. The molecule has 0 amide bonds. The van der Waals surface area contributed by atoms with E-state index in [2.05, 4.69) is 236 Å². The molecule has 0 bridgehead atoms. The third-order valence-electron chi connectivity index (χ3n) is 12.8. The van der Waals surface area contributed by atoms with E-state index in [-0.39, 0.29) is 10.8 Å². The van der Waals surface area contributed by atoms with Gasteiger partial charge >= 0.3 is 336 Å². The third-order valence-corrected chi connectivity index (χ3v) is 13.8. The summed E-state index contributed by atoms with van der Waals surface area (Å²) in [6.07, 6.45) is 2.92. The number of hydrogen-bond acceptors (Lipinski definition) is 3. The summed E-state index contributed by atoms with van der Waals surface area (Å²) in [5, 5.41) is 0. The van der Waals surface area contributed by atoms with E-state index in [0.717, 1.165) is 50.6 Å². The van der Waals surface area contributed by atoms with Crippen LogP contribution in [0.5, 0.6) is 11.5 Å². The van der Waals surface area contributed by atoms with Crippen LogP contribution in [0.4, 0.5) is 11.5 Å². The second-order valence-electron chi connectivity index (χ2n) is 19.3. The number of benzene rings is 6. The molecule has 0 radical (unpaired) electrons. The number of aromatic nitrogens is 3. The predicted octanol–water partition coefficient (Wildman–Crippen LogP) is 14.5. The van der Waals surface area contributed by atoms with Crippen LogP contribution in [-0.2, 0) is 36.6 Å². The van der Waals surface area contributed by atoms with Crippen molar-refractivity contribution < 1.29 is 24.1 Å². The van der Waals surface area contributed by atoms with Gasteiger partial charge in [-0.15, -0.1) is 0 Å². The molecule has 3 heterocycles. The Morgan fingerprint density at radius 1 is 0.635 bits per heavy atom. The molecule has 63 heavy (non-hydrogen) atoms. The first kappa shape index (κ1) is 42.5. The van der Waals surface area contributed by atoms with Gasteiger partial charge in [0, 0.05) is 6.20 Å². The van der Waals surface area contributed by atoms with Crippen LogP contribution in [0.15, 0.2) is 128 Å². The maximum atomic E-state index is 6.89. The molecule has 6 heteroatoms. The van der Waals surface area contributed by atoms with Crippen molar-refractivity contribution in [1.29, 1.82) is 0 Å². The van der Waals surface area contributed by atoms with Gasteiger partial charge in [-0.25, -0.2) is 0 Å². The van der Waals surface area contributed by atoms with Gasteiger partial charge in [-0.3, -0.25) is 0 Å². The molecule has 8 aromatic rings. The van der Waals surface area contributed by atoms with E-state index in [1.54, 1.807) is 0 Å². The Kier molecular flexibility index (Phi) is 11.1. The average Bonchev–Trinajstić information content (AvgIpc) is 3.56. The van der Waals surface area contributed by atoms with Crippen LogP contribution >= 0.6 is 0 Å². The summed E-state index contributed by atoms with van der Waals surface area (Å²) in [5.41, 5.74) is 17.5. The molecular formula is C57H56N4OPt-2. The van der Waals surface area contributed by atoms with Crippen molar-refractivity contribution in [2.75, 3.05) is 11.4 Å². The molecule has 1 atom stereocenters. The van der Waals surface area contributed by atoms with Gasteiger partial charge in [0.1, 0.15) is 0 Å². The topological polar surface area (TPSA) is 35.2 Å². The first-order valence-corrected chi connectivity index (χ1v) is 23.2. The van der Waals surface area contributed by atoms with E-state index in [9.17, 15) is 0 Å². The van der Waals surface area contributed by atoms with Gasteiger partial charge in [0.25, 0.3) is 0 Å². The quantitative estimate of drug-likeness (QED) is 0.149. The maximum absolute atomic E-state index is 6.89. The fourth-order valence-corrected chi connectivity index (χ4v) is 10.2. The summed E-state index contributed by atoms with van der Waals surface area (Å²) in [5.74, 6) is 2.72. The number of anilines is 2. The molecule has 5 nitrogen and oxygen atoms in total. The third kappa shape index (κ3) is 7.95. The molecule has 1 unspecified atom stereocenters. The zero-order valence-corrected chi connectivity index (χ0v) is 40.4. The van der Waals surface area contributed by atoms with Crippen molar-refractivity contribution in [3.05, 3.63) is 177 Å². The van der Waals surface area contributed by atoms with Crippen LogP contribution in [0, 0.1) is 42.6 Å². The van der Waals surface area contributed by atoms with Gasteiger partial charge < -0.3 is 0 Å². The molecule has 1 aliphatic heterocycles. The van der Waals surface area contributed by atoms with Gasteiger partial charge in [0.15, 0.2) is 0 Å². The van der Waals surface area contributed by atoms with Crippen LogP contribution in [-0.4, -0.2) is 20.7 Å². The summed E-state index contributed by atoms with van der Waals surface area (Å²) in [7, 11) is 0. The summed E-state index contributed by atoms with van der Waals surface area (Å²) in [6, 6.07) is 51.0. The Balaban J connectivity index is 1.23. The van der Waals surface area contributed by atoms with Crippen molar-refractivity contribution in [2.24, 2.45) is 5.92 Å². The molecular weight excluding hydrogens is 952 g/mol. The van der Waals surface area contributed by atoms with Gasteiger partial charge in [0.05, 0.1) is 0 Å². The first-order chi connectivity index (χ1) is 30.1. The summed E-state index contributed by atoms with van der Waals surface area (Å²) in [6.45, 7) is 23.5. The average molecular weight is 1010 g/mol. The Bertz CT molecular complexity index is 3010. The molecule has 0 N–H and O–H groups in total. The molecule has 0 fully saturated rings. The number of hydrogen-bond donors (Lipinski definition) is 0. The van der Waals surface area contributed by atoms with Crippen molar-refractivity contribution in [3.63, 3.8) is 0 Å². The van der Waals surface area contributed by atoms with Crippen LogP contribution in [0.2, 0.25) is 0 Å². The molecule has 6 aromatic carbocycles. The van der Waals surface area contributed by atoms with E-state index in [4.69, 9.17) is 9.72 Å². The molecule has 1 aliphatic rings. The minimum atomic E-state index is -0.172. The van der Waals surface area contributed by atoms with E-state index in [1.807, 2.05) is 6.20 Å². The van der Waals surface area contributed by atoms with E-state index < -0.39 is 0 Å². The summed E-state index contributed by atoms with van der Waals surface area (Å²) < 4.78 is 12.7.